The second-order valence-corrected chi connectivity index (χ2v) is 5.47. The molecule has 0 radical (unpaired) electrons. The summed E-state index contributed by atoms with van der Waals surface area (Å²) in [6, 6.07) is -0.00130. The van der Waals surface area contributed by atoms with Crippen molar-refractivity contribution < 1.29 is 13.2 Å². The smallest absolute Gasteiger partial charge is 0.279 e. The summed E-state index contributed by atoms with van der Waals surface area (Å²) in [6.07, 6.45) is 1.56. The molecule has 0 atom stereocenters. The summed E-state index contributed by atoms with van der Waals surface area (Å²) < 4.78 is 32.9. The van der Waals surface area contributed by atoms with E-state index in [0.29, 0.717) is 19.7 Å². The molecule has 0 amide bonds. The minimum atomic E-state index is -3.46. The summed E-state index contributed by atoms with van der Waals surface area (Å²) in [7, 11) is -1.92. The SMILES string of the molecule is CCC(CC)N(CCN)S(=O)(=O)NCCOC. The maximum Gasteiger partial charge on any atom is 0.279 e. The number of nitrogens with one attached hydrogen (secondary N) is 1. The molecule has 3 N–H and O–H groups in total. The van der Waals surface area contributed by atoms with Crippen LogP contribution in [0.3, 0.4) is 0 Å². The van der Waals surface area contributed by atoms with E-state index < -0.39 is 10.2 Å². The molecule has 0 spiro atoms. The highest BCUT2D eigenvalue weighted by Crippen LogP contribution is 2.11. The number of rotatable bonds is 10. The van der Waals surface area contributed by atoms with E-state index in [1.165, 1.54) is 11.4 Å². The molecular weight excluding hydrogens is 242 g/mol. The number of nitrogens with zero attached hydrogens (tertiary/aromatic N) is 1. The van der Waals surface area contributed by atoms with Gasteiger partial charge in [-0.2, -0.15) is 17.4 Å². The van der Waals surface area contributed by atoms with Crippen LogP contribution < -0.4 is 10.5 Å². The van der Waals surface area contributed by atoms with Crippen LogP contribution in [0.25, 0.3) is 0 Å². The Morgan fingerprint density at radius 1 is 1.35 bits per heavy atom. The van der Waals surface area contributed by atoms with Gasteiger partial charge in [-0.15, -0.1) is 0 Å². The summed E-state index contributed by atoms with van der Waals surface area (Å²) >= 11 is 0. The van der Waals surface area contributed by atoms with Crippen molar-refractivity contribution >= 4 is 10.2 Å². The normalized spacial score (nSPS) is 12.6. The molecule has 6 nitrogen and oxygen atoms in total. The highest BCUT2D eigenvalue weighted by Gasteiger charge is 2.26. The molecule has 0 heterocycles. The van der Waals surface area contributed by atoms with Crippen LogP contribution in [-0.4, -0.2) is 52.1 Å². The fourth-order valence-electron chi connectivity index (χ4n) is 1.68. The summed E-state index contributed by atoms with van der Waals surface area (Å²) in [4.78, 5) is 0. The van der Waals surface area contributed by atoms with Gasteiger partial charge in [-0.05, 0) is 12.8 Å². The molecule has 0 aromatic carbocycles. The molecule has 0 aromatic rings. The number of hydrogen-bond donors (Lipinski definition) is 2. The average molecular weight is 267 g/mol. The van der Waals surface area contributed by atoms with Crippen molar-refractivity contribution in [3.8, 4) is 0 Å². The summed E-state index contributed by atoms with van der Waals surface area (Å²) in [5.41, 5.74) is 5.47. The standard InChI is InChI=1S/C10H25N3O3S/c1-4-10(5-2)13(8-6-11)17(14,15)12-7-9-16-3/h10,12H,4-9,11H2,1-3H3. The molecule has 0 rings (SSSR count). The quantitative estimate of drug-likeness (QED) is 0.542. The van der Waals surface area contributed by atoms with Gasteiger partial charge in [-0.1, -0.05) is 13.8 Å². The fraction of sp³-hybridized carbons (Fsp3) is 1.00. The largest absolute Gasteiger partial charge is 0.383 e. The monoisotopic (exact) mass is 267 g/mol. The molecule has 0 saturated heterocycles. The first-order valence-corrected chi connectivity index (χ1v) is 7.42. The number of nitrogens with two attached hydrogens (primary N) is 1. The van der Waals surface area contributed by atoms with Gasteiger partial charge in [0.15, 0.2) is 0 Å². The first kappa shape index (κ1) is 16.8. The molecule has 0 saturated carbocycles. The zero-order valence-corrected chi connectivity index (χ0v) is 11.8. The van der Waals surface area contributed by atoms with Crippen LogP contribution in [0, 0.1) is 0 Å². The summed E-state index contributed by atoms with van der Waals surface area (Å²) in [5, 5.41) is 0. The van der Waals surface area contributed by atoms with E-state index in [-0.39, 0.29) is 12.6 Å². The van der Waals surface area contributed by atoms with Gasteiger partial charge in [-0.25, -0.2) is 0 Å². The van der Waals surface area contributed by atoms with Gasteiger partial charge >= 0.3 is 0 Å². The van der Waals surface area contributed by atoms with Crippen molar-refractivity contribution in [1.82, 2.24) is 9.03 Å². The Morgan fingerprint density at radius 2 is 1.94 bits per heavy atom. The zero-order valence-electron chi connectivity index (χ0n) is 11.0. The summed E-state index contributed by atoms with van der Waals surface area (Å²) in [6.45, 7) is 5.25. The van der Waals surface area contributed by atoms with Crippen LogP contribution in [0.1, 0.15) is 26.7 Å². The second-order valence-electron chi connectivity index (χ2n) is 3.76. The summed E-state index contributed by atoms with van der Waals surface area (Å²) in [5.74, 6) is 0. The van der Waals surface area contributed by atoms with Gasteiger partial charge < -0.3 is 10.5 Å². The first-order chi connectivity index (χ1) is 8.03. The van der Waals surface area contributed by atoms with Crippen LogP contribution >= 0.6 is 0 Å². The highest BCUT2D eigenvalue weighted by atomic mass is 32.2. The van der Waals surface area contributed by atoms with Crippen molar-refractivity contribution in [3.05, 3.63) is 0 Å². The van der Waals surface area contributed by atoms with E-state index in [0.717, 1.165) is 12.8 Å². The average Bonchev–Trinajstić information content (AvgIpc) is 2.29. The topological polar surface area (TPSA) is 84.7 Å². The van der Waals surface area contributed by atoms with Gasteiger partial charge in [-0.3, -0.25) is 0 Å². The molecule has 7 heteroatoms. The molecule has 0 bridgehead atoms. The lowest BCUT2D eigenvalue weighted by Gasteiger charge is -2.29. The van der Waals surface area contributed by atoms with Gasteiger partial charge in [0.2, 0.25) is 0 Å². The van der Waals surface area contributed by atoms with E-state index >= 15 is 0 Å². The van der Waals surface area contributed by atoms with Crippen LogP contribution in [0.15, 0.2) is 0 Å². The van der Waals surface area contributed by atoms with Crippen LogP contribution in [-0.2, 0) is 14.9 Å². The van der Waals surface area contributed by atoms with E-state index in [1.807, 2.05) is 13.8 Å². The van der Waals surface area contributed by atoms with Crippen molar-refractivity contribution in [1.29, 1.82) is 0 Å². The van der Waals surface area contributed by atoms with Crippen LogP contribution in [0.4, 0.5) is 0 Å². The molecule has 0 aromatic heterocycles. The van der Waals surface area contributed by atoms with Gasteiger partial charge in [0.1, 0.15) is 0 Å². The third-order valence-electron chi connectivity index (χ3n) is 2.60. The maximum absolute atomic E-state index is 12.1. The van der Waals surface area contributed by atoms with Gasteiger partial charge in [0.25, 0.3) is 10.2 Å². The Labute approximate surface area is 105 Å². The van der Waals surface area contributed by atoms with Crippen molar-refractivity contribution in [2.45, 2.75) is 32.7 Å². The van der Waals surface area contributed by atoms with E-state index in [1.54, 1.807) is 0 Å². The third kappa shape index (κ3) is 5.78. The maximum atomic E-state index is 12.1. The van der Waals surface area contributed by atoms with E-state index in [2.05, 4.69) is 4.72 Å². The predicted octanol–water partition coefficient (Wildman–Crippen LogP) is -0.0835. The lowest BCUT2D eigenvalue weighted by molar-refractivity contribution is 0.203. The Morgan fingerprint density at radius 3 is 2.35 bits per heavy atom. The van der Waals surface area contributed by atoms with Crippen LogP contribution in [0.2, 0.25) is 0 Å². The lowest BCUT2D eigenvalue weighted by atomic mass is 10.2. The number of methoxy groups -OCH3 is 1. The van der Waals surface area contributed by atoms with E-state index in [9.17, 15) is 8.42 Å². The molecule has 0 fully saturated rings. The number of hydrogen-bond acceptors (Lipinski definition) is 4. The Hall–Kier alpha value is -0.210. The van der Waals surface area contributed by atoms with Gasteiger partial charge in [0, 0.05) is 32.8 Å². The minimum absolute atomic E-state index is 0.00130. The van der Waals surface area contributed by atoms with Crippen LogP contribution in [0.5, 0.6) is 0 Å². The predicted molar refractivity (Wildman–Crippen MR) is 68.9 cm³/mol. The molecule has 0 aliphatic heterocycles. The third-order valence-corrected chi connectivity index (χ3v) is 4.27. The van der Waals surface area contributed by atoms with Gasteiger partial charge in [0.05, 0.1) is 6.61 Å². The fourth-order valence-corrected chi connectivity index (χ4v) is 3.22. The Balaban J connectivity index is 4.65. The molecule has 0 aliphatic carbocycles. The highest BCUT2D eigenvalue weighted by molar-refractivity contribution is 7.87. The number of ether oxygens (including phenoxy) is 1. The minimum Gasteiger partial charge on any atom is -0.383 e. The molecular formula is C10H25N3O3S. The molecule has 104 valence electrons. The Bertz CT molecular complexity index is 279. The van der Waals surface area contributed by atoms with Crippen molar-refractivity contribution in [2.75, 3.05) is 33.4 Å². The lowest BCUT2D eigenvalue weighted by Crippen LogP contribution is -2.48. The zero-order chi connectivity index (χ0) is 13.3. The second kappa shape index (κ2) is 8.82. The molecule has 0 aliphatic rings. The molecule has 0 unspecified atom stereocenters. The Kier molecular flexibility index (Phi) is 8.71. The molecule has 17 heavy (non-hydrogen) atoms. The first-order valence-electron chi connectivity index (χ1n) is 5.98. The van der Waals surface area contributed by atoms with Crippen molar-refractivity contribution in [3.63, 3.8) is 0 Å². The van der Waals surface area contributed by atoms with Crippen molar-refractivity contribution in [2.24, 2.45) is 5.73 Å². The van der Waals surface area contributed by atoms with E-state index in [4.69, 9.17) is 10.5 Å².